The number of aliphatic carboxylic acids is 1. The van der Waals surface area contributed by atoms with Crippen LogP contribution in [0.2, 0.25) is 0 Å². The maximum atomic E-state index is 12.4. The molecule has 13 heteroatoms. The van der Waals surface area contributed by atoms with Gasteiger partial charge in [0.15, 0.2) is 6.10 Å². The molecule has 0 aliphatic heterocycles. The molecule has 1 N–H and O–H groups in total. The zero-order chi connectivity index (χ0) is 29.6. The summed E-state index contributed by atoms with van der Waals surface area (Å²) in [6.45, 7) is 5.03. The molecule has 0 aliphatic rings. The third-order valence-electron chi connectivity index (χ3n) is 5.85. The Morgan fingerprint density at radius 2 is 1.80 bits per heavy atom. The molecule has 0 saturated carbocycles. The molecule has 3 aromatic rings. The SMILES string of the molecule is CCC(C)C(Oc1nc(Oc2cccc(C(=O)N(C)C)c2)nc(Oc2ccc(C#N)c(C)c2)c1[N+](=O)[O-])C(=O)O. The summed E-state index contributed by atoms with van der Waals surface area (Å²) >= 11 is 0. The van der Waals surface area contributed by atoms with Crippen molar-refractivity contribution in [2.24, 2.45) is 5.92 Å². The number of carboxylic acid groups (broad SMARTS) is 1. The molecule has 1 aromatic heterocycles. The van der Waals surface area contributed by atoms with E-state index in [1.807, 2.05) is 6.07 Å². The van der Waals surface area contributed by atoms with Gasteiger partial charge in [-0.25, -0.2) is 4.79 Å². The van der Waals surface area contributed by atoms with Gasteiger partial charge < -0.3 is 24.2 Å². The van der Waals surface area contributed by atoms with Crippen molar-refractivity contribution in [3.8, 4) is 35.3 Å². The zero-order valence-electron chi connectivity index (χ0n) is 22.4. The van der Waals surface area contributed by atoms with Gasteiger partial charge in [-0.2, -0.15) is 15.2 Å². The van der Waals surface area contributed by atoms with Crippen LogP contribution in [-0.4, -0.2) is 57.0 Å². The molecule has 0 radical (unpaired) electrons. The Kier molecular flexibility index (Phi) is 9.18. The minimum Gasteiger partial charge on any atom is -0.478 e. The number of nitrogens with zero attached hydrogens (tertiary/aromatic N) is 5. The second-order valence-corrected chi connectivity index (χ2v) is 9.00. The molecule has 0 aliphatic carbocycles. The third kappa shape index (κ3) is 6.79. The van der Waals surface area contributed by atoms with Gasteiger partial charge in [-0.15, -0.1) is 0 Å². The van der Waals surface area contributed by atoms with Gasteiger partial charge >= 0.3 is 29.4 Å². The van der Waals surface area contributed by atoms with E-state index in [0.29, 0.717) is 23.1 Å². The molecule has 13 nitrogen and oxygen atoms in total. The number of aryl methyl sites for hydroxylation is 1. The first-order chi connectivity index (χ1) is 18.9. The van der Waals surface area contributed by atoms with Crippen LogP contribution in [0.1, 0.15) is 41.8 Å². The lowest BCUT2D eigenvalue weighted by Gasteiger charge is -2.20. The summed E-state index contributed by atoms with van der Waals surface area (Å²) in [6.07, 6.45) is -1.07. The van der Waals surface area contributed by atoms with Crippen molar-refractivity contribution in [2.75, 3.05) is 14.1 Å². The lowest BCUT2D eigenvalue weighted by atomic mass is 10.0. The van der Waals surface area contributed by atoms with Crippen LogP contribution in [0.3, 0.4) is 0 Å². The number of nitro groups is 1. The number of carbonyl (C=O) groups excluding carboxylic acids is 1. The summed E-state index contributed by atoms with van der Waals surface area (Å²) < 4.78 is 17.0. The number of aromatic nitrogens is 2. The standard InChI is InChI=1S/C27H27N5O8/c1-6-15(2)22(26(34)35)40-24-21(32(36)37)23(38-20-11-10-18(14-28)16(3)12-20)29-27(30-24)39-19-9-7-8-17(13-19)25(33)31(4)5/h7-13,15,22H,6H2,1-5H3,(H,34,35). The molecule has 0 fully saturated rings. The molecule has 1 amide bonds. The van der Waals surface area contributed by atoms with E-state index < -0.39 is 46.4 Å². The molecule has 0 saturated heterocycles. The third-order valence-corrected chi connectivity index (χ3v) is 5.85. The van der Waals surface area contributed by atoms with Crippen LogP contribution >= 0.6 is 0 Å². The second-order valence-electron chi connectivity index (χ2n) is 9.00. The molecule has 0 spiro atoms. The quantitative estimate of drug-likeness (QED) is 0.258. The van der Waals surface area contributed by atoms with E-state index in [1.165, 1.54) is 35.2 Å². The van der Waals surface area contributed by atoms with Crippen LogP contribution < -0.4 is 14.2 Å². The van der Waals surface area contributed by atoms with Gasteiger partial charge in [0, 0.05) is 25.6 Å². The van der Waals surface area contributed by atoms with E-state index in [1.54, 1.807) is 47.0 Å². The summed E-state index contributed by atoms with van der Waals surface area (Å²) in [5, 5.41) is 31.1. The average Bonchev–Trinajstić information content (AvgIpc) is 2.90. The van der Waals surface area contributed by atoms with Gasteiger partial charge in [0.1, 0.15) is 11.5 Å². The van der Waals surface area contributed by atoms with Gasteiger partial charge in [0.25, 0.3) is 5.91 Å². The fourth-order valence-electron chi connectivity index (χ4n) is 3.49. The van der Waals surface area contributed by atoms with Crippen molar-refractivity contribution in [2.45, 2.75) is 33.3 Å². The van der Waals surface area contributed by atoms with Gasteiger partial charge in [-0.3, -0.25) is 14.9 Å². The smallest absolute Gasteiger partial charge is 0.392 e. The van der Waals surface area contributed by atoms with Crippen LogP contribution in [0, 0.1) is 34.3 Å². The van der Waals surface area contributed by atoms with Gasteiger partial charge in [-0.1, -0.05) is 19.9 Å². The first-order valence-corrected chi connectivity index (χ1v) is 12.1. The Labute approximate surface area is 229 Å². The van der Waals surface area contributed by atoms with Gasteiger partial charge in [0.2, 0.25) is 0 Å². The lowest BCUT2D eigenvalue weighted by Crippen LogP contribution is -2.34. The van der Waals surface area contributed by atoms with Crippen molar-refractivity contribution < 1.29 is 33.8 Å². The number of hydrogen-bond donors (Lipinski definition) is 1. The first kappa shape index (κ1) is 29.3. The van der Waals surface area contributed by atoms with E-state index in [-0.39, 0.29) is 17.4 Å². The summed E-state index contributed by atoms with van der Waals surface area (Å²) in [5.41, 5.74) is 0.408. The van der Waals surface area contributed by atoms with E-state index in [0.717, 1.165) is 0 Å². The number of carbonyl (C=O) groups is 2. The fourth-order valence-corrected chi connectivity index (χ4v) is 3.49. The van der Waals surface area contributed by atoms with Gasteiger partial charge in [-0.05, 0) is 55.3 Å². The largest absolute Gasteiger partial charge is 0.478 e. The maximum absolute atomic E-state index is 12.4. The van der Waals surface area contributed by atoms with Crippen LogP contribution in [0.15, 0.2) is 42.5 Å². The highest BCUT2D eigenvalue weighted by molar-refractivity contribution is 5.94. The molecule has 208 valence electrons. The number of nitriles is 1. The van der Waals surface area contributed by atoms with Crippen LogP contribution in [0.4, 0.5) is 5.69 Å². The number of amides is 1. The Morgan fingerprint density at radius 1 is 1.12 bits per heavy atom. The minimum absolute atomic E-state index is 0.116. The number of carboxylic acids is 1. The predicted molar refractivity (Wildman–Crippen MR) is 141 cm³/mol. The molecule has 1 heterocycles. The maximum Gasteiger partial charge on any atom is 0.392 e. The van der Waals surface area contributed by atoms with Crippen LogP contribution in [-0.2, 0) is 4.79 Å². The normalized spacial score (nSPS) is 12.0. The van der Waals surface area contributed by atoms with Crippen molar-refractivity contribution in [1.82, 2.24) is 14.9 Å². The van der Waals surface area contributed by atoms with Crippen LogP contribution in [0.25, 0.3) is 0 Å². The number of benzene rings is 2. The van der Waals surface area contributed by atoms with Gasteiger partial charge in [0.05, 0.1) is 16.6 Å². The summed E-state index contributed by atoms with van der Waals surface area (Å²) in [6, 6.07) is 12.0. The Morgan fingerprint density at radius 3 is 2.38 bits per heavy atom. The van der Waals surface area contributed by atoms with E-state index in [2.05, 4.69) is 9.97 Å². The number of rotatable bonds is 11. The minimum atomic E-state index is -1.47. The molecule has 2 atom stereocenters. The summed E-state index contributed by atoms with van der Waals surface area (Å²) in [4.78, 5) is 45.0. The number of ether oxygens (including phenoxy) is 3. The fraction of sp³-hybridized carbons (Fsp3) is 0.296. The van der Waals surface area contributed by atoms with Crippen molar-refractivity contribution >= 4 is 17.6 Å². The molecule has 3 rings (SSSR count). The monoisotopic (exact) mass is 549 g/mol. The topological polar surface area (TPSA) is 178 Å². The van der Waals surface area contributed by atoms with E-state index >= 15 is 0 Å². The lowest BCUT2D eigenvalue weighted by molar-refractivity contribution is -0.387. The van der Waals surface area contributed by atoms with Crippen molar-refractivity contribution in [1.29, 1.82) is 5.26 Å². The molecule has 40 heavy (non-hydrogen) atoms. The zero-order valence-corrected chi connectivity index (χ0v) is 22.4. The second kappa shape index (κ2) is 12.5. The summed E-state index contributed by atoms with van der Waals surface area (Å²) in [7, 11) is 3.17. The van der Waals surface area contributed by atoms with Crippen molar-refractivity contribution in [3.63, 3.8) is 0 Å². The highest BCUT2D eigenvalue weighted by atomic mass is 16.6. The molecule has 2 aromatic carbocycles. The molecule has 2 unspecified atom stereocenters. The van der Waals surface area contributed by atoms with E-state index in [4.69, 9.17) is 14.2 Å². The first-order valence-electron chi connectivity index (χ1n) is 12.1. The highest BCUT2D eigenvalue weighted by Crippen LogP contribution is 2.40. The Bertz CT molecular complexity index is 1480. The Balaban J connectivity index is 2.15. The molecular formula is C27H27N5O8. The average molecular weight is 550 g/mol. The Hall–Kier alpha value is -5.25. The number of hydrogen-bond acceptors (Lipinski definition) is 10. The van der Waals surface area contributed by atoms with Crippen molar-refractivity contribution in [3.05, 3.63) is 69.3 Å². The molecule has 0 bridgehead atoms. The predicted octanol–water partition coefficient (Wildman–Crippen LogP) is 4.73. The van der Waals surface area contributed by atoms with Crippen LogP contribution in [0.5, 0.6) is 29.3 Å². The van der Waals surface area contributed by atoms with E-state index in [9.17, 15) is 30.1 Å². The highest BCUT2D eigenvalue weighted by Gasteiger charge is 2.35. The molecular weight excluding hydrogens is 522 g/mol. The summed E-state index contributed by atoms with van der Waals surface area (Å²) in [5.74, 6) is -3.18.